The van der Waals surface area contributed by atoms with Gasteiger partial charge in [-0.25, -0.2) is 0 Å². The minimum absolute atomic E-state index is 0.00783. The van der Waals surface area contributed by atoms with Crippen LogP contribution >= 0.6 is 27.5 Å². The lowest BCUT2D eigenvalue weighted by Crippen LogP contribution is -2.30. The predicted octanol–water partition coefficient (Wildman–Crippen LogP) is 2.58. The largest absolute Gasteiger partial charge is 0.276 e. The number of benzene rings is 1. The summed E-state index contributed by atoms with van der Waals surface area (Å²) in [4.78, 5) is 0. The van der Waals surface area contributed by atoms with Gasteiger partial charge >= 0.3 is 0 Å². The quantitative estimate of drug-likeness (QED) is 0.669. The highest BCUT2D eigenvalue weighted by atomic mass is 79.9. The Kier molecular flexibility index (Phi) is 4.40. The number of aryl methyl sites for hydroxylation is 1. The highest BCUT2D eigenvalue weighted by Crippen LogP contribution is 2.28. The second-order valence-corrected chi connectivity index (χ2v) is 5.36. The predicted molar refractivity (Wildman–Crippen MR) is 76.1 cm³/mol. The van der Waals surface area contributed by atoms with Crippen molar-refractivity contribution in [1.29, 1.82) is 0 Å². The van der Waals surface area contributed by atoms with Gasteiger partial charge in [0, 0.05) is 29.2 Å². The van der Waals surface area contributed by atoms with Crippen molar-refractivity contribution >= 4 is 27.5 Å². The smallest absolute Gasteiger partial charge is 0.0643 e. The molecular formula is C12H14BrClN4. The minimum Gasteiger partial charge on any atom is -0.276 e. The Balaban J connectivity index is 2.22. The number of halogens is 2. The van der Waals surface area contributed by atoms with E-state index in [1.54, 1.807) is 4.68 Å². The van der Waals surface area contributed by atoms with Gasteiger partial charge in [0.25, 0.3) is 0 Å². The van der Waals surface area contributed by atoms with Crippen LogP contribution in [0, 0.1) is 0 Å². The van der Waals surface area contributed by atoms with Crippen molar-refractivity contribution in [2.24, 2.45) is 12.9 Å². The summed E-state index contributed by atoms with van der Waals surface area (Å²) in [6.07, 6.45) is 2.64. The molecule has 3 N–H and O–H groups in total. The zero-order valence-electron chi connectivity index (χ0n) is 9.90. The molecule has 0 bridgehead atoms. The molecule has 0 aliphatic rings. The topological polar surface area (TPSA) is 55.9 Å². The molecule has 1 heterocycles. The fourth-order valence-corrected chi connectivity index (χ4v) is 2.78. The van der Waals surface area contributed by atoms with Crippen molar-refractivity contribution in [3.63, 3.8) is 0 Å². The number of nitrogens with one attached hydrogen (secondary N) is 1. The van der Waals surface area contributed by atoms with Gasteiger partial charge in [0.15, 0.2) is 0 Å². The van der Waals surface area contributed by atoms with Crippen LogP contribution in [-0.2, 0) is 13.5 Å². The molecule has 0 aliphatic heterocycles. The Morgan fingerprint density at radius 3 is 2.83 bits per heavy atom. The number of rotatable bonds is 4. The number of hydrazine groups is 1. The first-order valence-corrected chi connectivity index (χ1v) is 6.67. The average Bonchev–Trinajstić information content (AvgIpc) is 2.72. The third-order valence-electron chi connectivity index (χ3n) is 2.72. The van der Waals surface area contributed by atoms with Crippen LogP contribution in [0.2, 0.25) is 5.02 Å². The summed E-state index contributed by atoms with van der Waals surface area (Å²) in [5, 5.41) is 5.04. The Morgan fingerprint density at radius 2 is 2.28 bits per heavy atom. The van der Waals surface area contributed by atoms with Gasteiger partial charge in [0.2, 0.25) is 0 Å². The number of aromatic nitrogens is 2. The van der Waals surface area contributed by atoms with Gasteiger partial charge in [-0.2, -0.15) is 5.10 Å². The van der Waals surface area contributed by atoms with Crippen LogP contribution in [0.3, 0.4) is 0 Å². The monoisotopic (exact) mass is 328 g/mol. The Bertz CT molecular complexity index is 541. The Morgan fingerprint density at radius 1 is 1.50 bits per heavy atom. The summed E-state index contributed by atoms with van der Waals surface area (Å²) in [5.41, 5.74) is 4.86. The van der Waals surface area contributed by atoms with E-state index < -0.39 is 0 Å². The van der Waals surface area contributed by atoms with Crippen LogP contribution in [0.5, 0.6) is 0 Å². The molecule has 4 nitrogen and oxygen atoms in total. The van der Waals surface area contributed by atoms with Crippen LogP contribution < -0.4 is 11.3 Å². The molecule has 0 aliphatic carbocycles. The van der Waals surface area contributed by atoms with Crippen molar-refractivity contribution in [1.82, 2.24) is 15.2 Å². The number of nitrogens with zero attached hydrogens (tertiary/aromatic N) is 2. The van der Waals surface area contributed by atoms with Crippen molar-refractivity contribution in [3.05, 3.63) is 51.2 Å². The van der Waals surface area contributed by atoms with Gasteiger partial charge in [-0.05, 0) is 23.8 Å². The van der Waals surface area contributed by atoms with E-state index in [2.05, 4.69) is 26.5 Å². The van der Waals surface area contributed by atoms with E-state index in [9.17, 15) is 0 Å². The first-order valence-electron chi connectivity index (χ1n) is 5.49. The van der Waals surface area contributed by atoms with Crippen LogP contribution in [0.15, 0.2) is 34.9 Å². The van der Waals surface area contributed by atoms with Crippen molar-refractivity contribution in [3.8, 4) is 0 Å². The Hall–Kier alpha value is -0.880. The normalized spacial score (nSPS) is 12.7. The third-order valence-corrected chi connectivity index (χ3v) is 3.64. The van der Waals surface area contributed by atoms with Crippen molar-refractivity contribution < 1.29 is 0 Å². The van der Waals surface area contributed by atoms with E-state index in [0.29, 0.717) is 5.02 Å². The number of nitrogens with two attached hydrogens (primary N) is 1. The van der Waals surface area contributed by atoms with Gasteiger partial charge in [-0.3, -0.25) is 16.0 Å². The molecule has 0 spiro atoms. The van der Waals surface area contributed by atoms with E-state index in [1.165, 1.54) is 0 Å². The molecule has 6 heteroatoms. The molecule has 18 heavy (non-hydrogen) atoms. The maximum Gasteiger partial charge on any atom is 0.0643 e. The van der Waals surface area contributed by atoms with E-state index in [1.807, 2.05) is 37.5 Å². The van der Waals surface area contributed by atoms with Crippen LogP contribution in [0.25, 0.3) is 0 Å². The van der Waals surface area contributed by atoms with Gasteiger partial charge in [-0.1, -0.05) is 33.6 Å². The molecule has 1 aromatic heterocycles. The van der Waals surface area contributed by atoms with Crippen LogP contribution in [0.4, 0.5) is 0 Å². The zero-order chi connectivity index (χ0) is 13.1. The fourth-order valence-electron chi connectivity index (χ4n) is 1.82. The van der Waals surface area contributed by atoms with Crippen LogP contribution in [-0.4, -0.2) is 9.78 Å². The first kappa shape index (κ1) is 13.5. The van der Waals surface area contributed by atoms with Gasteiger partial charge < -0.3 is 0 Å². The molecule has 0 amide bonds. The lowest BCUT2D eigenvalue weighted by Gasteiger charge is -2.17. The molecule has 0 radical (unpaired) electrons. The summed E-state index contributed by atoms with van der Waals surface area (Å²) < 4.78 is 2.72. The molecular weight excluding hydrogens is 316 g/mol. The van der Waals surface area contributed by atoms with Gasteiger partial charge in [0.1, 0.15) is 0 Å². The standard InChI is InChI=1S/C12H14BrClN4/c1-18-5-4-9(17-18)7-12(16-15)10-3-2-8(14)6-11(10)13/h2-6,12,16H,7,15H2,1H3. The Labute approximate surface area is 119 Å². The van der Waals surface area contributed by atoms with Gasteiger partial charge in [-0.15, -0.1) is 0 Å². The molecule has 0 saturated carbocycles. The molecule has 1 atom stereocenters. The van der Waals surface area contributed by atoms with E-state index in [0.717, 1.165) is 22.2 Å². The highest BCUT2D eigenvalue weighted by molar-refractivity contribution is 9.10. The van der Waals surface area contributed by atoms with Crippen molar-refractivity contribution in [2.45, 2.75) is 12.5 Å². The van der Waals surface area contributed by atoms with E-state index >= 15 is 0 Å². The molecule has 1 unspecified atom stereocenters. The lowest BCUT2D eigenvalue weighted by atomic mass is 10.0. The summed E-state index contributed by atoms with van der Waals surface area (Å²) in [7, 11) is 1.90. The summed E-state index contributed by atoms with van der Waals surface area (Å²) >= 11 is 9.43. The highest BCUT2D eigenvalue weighted by Gasteiger charge is 2.15. The number of hydrogen-bond donors (Lipinski definition) is 2. The SMILES string of the molecule is Cn1ccc(CC(NN)c2ccc(Cl)cc2Br)n1. The van der Waals surface area contributed by atoms with Gasteiger partial charge in [0.05, 0.1) is 11.7 Å². The maximum absolute atomic E-state index is 5.93. The molecule has 2 rings (SSSR count). The van der Waals surface area contributed by atoms with Crippen LogP contribution in [0.1, 0.15) is 17.3 Å². The first-order chi connectivity index (χ1) is 8.60. The third kappa shape index (κ3) is 3.11. The molecule has 2 aromatic rings. The fraction of sp³-hybridized carbons (Fsp3) is 0.250. The van der Waals surface area contributed by atoms with Crippen molar-refractivity contribution in [2.75, 3.05) is 0 Å². The maximum atomic E-state index is 5.93. The molecule has 0 fully saturated rings. The average molecular weight is 330 g/mol. The lowest BCUT2D eigenvalue weighted by molar-refractivity contribution is 0.539. The van der Waals surface area contributed by atoms with E-state index in [4.69, 9.17) is 17.4 Å². The zero-order valence-corrected chi connectivity index (χ0v) is 12.2. The minimum atomic E-state index is -0.00783. The molecule has 1 aromatic carbocycles. The second-order valence-electron chi connectivity index (χ2n) is 4.07. The molecule has 96 valence electrons. The van der Waals surface area contributed by atoms with E-state index in [-0.39, 0.29) is 6.04 Å². The number of hydrogen-bond acceptors (Lipinski definition) is 3. The molecule has 0 saturated heterocycles. The summed E-state index contributed by atoms with van der Waals surface area (Å²) in [6, 6.07) is 7.64. The summed E-state index contributed by atoms with van der Waals surface area (Å²) in [5.74, 6) is 5.63. The second kappa shape index (κ2) is 5.84. The summed E-state index contributed by atoms with van der Waals surface area (Å²) in [6.45, 7) is 0.